The summed E-state index contributed by atoms with van der Waals surface area (Å²) in [6.45, 7) is 0. The summed E-state index contributed by atoms with van der Waals surface area (Å²) in [4.78, 5) is 0. The molecule has 0 unspecified atom stereocenters. The lowest BCUT2D eigenvalue weighted by Crippen LogP contribution is -1.81. The van der Waals surface area contributed by atoms with Gasteiger partial charge in [-0.25, -0.2) is 0 Å². The van der Waals surface area contributed by atoms with Crippen LogP contribution in [0.5, 0.6) is 0 Å². The quantitative estimate of drug-likeness (QED) is 0.543. The molecule has 0 saturated heterocycles. The van der Waals surface area contributed by atoms with Gasteiger partial charge in [-0.3, -0.25) is 0 Å². The minimum absolute atomic E-state index is 0.582. The first-order valence-corrected chi connectivity index (χ1v) is 4.97. The molecule has 2 heteroatoms. The summed E-state index contributed by atoms with van der Waals surface area (Å²) in [7, 11) is 0. The molecular weight excluding hydrogens is 194 g/mol. The fourth-order valence-electron chi connectivity index (χ4n) is 1.14. The van der Waals surface area contributed by atoms with Crippen LogP contribution >= 0.6 is 11.6 Å². The first-order valence-electron chi connectivity index (χ1n) is 4.60. The van der Waals surface area contributed by atoms with Gasteiger partial charge in [0.2, 0.25) is 0 Å². The first-order chi connectivity index (χ1) is 6.84. The number of hydrogen-bond acceptors (Lipinski definition) is 1. The van der Waals surface area contributed by atoms with Crippen LogP contribution in [0, 0.1) is 11.3 Å². The van der Waals surface area contributed by atoms with Crippen LogP contribution in [0.3, 0.4) is 0 Å². The lowest BCUT2D eigenvalue weighted by Gasteiger charge is -1.98. The van der Waals surface area contributed by atoms with Gasteiger partial charge >= 0.3 is 0 Å². The second-order valence-corrected chi connectivity index (χ2v) is 3.37. The SMILES string of the molecule is N#CCC/C=C/Cc1ccccc1Cl. The number of hydrogen-bond donors (Lipinski definition) is 0. The van der Waals surface area contributed by atoms with Gasteiger partial charge in [0, 0.05) is 11.4 Å². The number of benzene rings is 1. The van der Waals surface area contributed by atoms with Gasteiger partial charge in [0.05, 0.1) is 6.07 Å². The lowest BCUT2D eigenvalue weighted by atomic mass is 10.1. The molecule has 0 bridgehead atoms. The molecule has 0 fully saturated rings. The summed E-state index contributed by atoms with van der Waals surface area (Å²) in [6, 6.07) is 9.90. The third kappa shape index (κ3) is 3.64. The number of halogens is 1. The van der Waals surface area contributed by atoms with Gasteiger partial charge < -0.3 is 0 Å². The molecule has 0 saturated carbocycles. The fraction of sp³-hybridized carbons (Fsp3) is 0.250. The van der Waals surface area contributed by atoms with E-state index in [1.54, 1.807) is 0 Å². The van der Waals surface area contributed by atoms with Gasteiger partial charge in [-0.05, 0) is 24.5 Å². The third-order valence-electron chi connectivity index (χ3n) is 1.89. The Morgan fingerprint density at radius 2 is 2.07 bits per heavy atom. The number of rotatable bonds is 4. The minimum atomic E-state index is 0.582. The third-order valence-corrected chi connectivity index (χ3v) is 2.25. The molecule has 0 aliphatic carbocycles. The van der Waals surface area contributed by atoms with Crippen molar-refractivity contribution in [1.82, 2.24) is 0 Å². The van der Waals surface area contributed by atoms with E-state index < -0.39 is 0 Å². The Kier molecular flexibility index (Phi) is 4.82. The highest BCUT2D eigenvalue weighted by Gasteiger charge is 1.94. The molecule has 0 radical (unpaired) electrons. The van der Waals surface area contributed by atoms with E-state index in [1.807, 2.05) is 30.3 Å². The number of unbranched alkanes of at least 4 members (excludes halogenated alkanes) is 1. The zero-order valence-corrected chi connectivity index (χ0v) is 8.67. The lowest BCUT2D eigenvalue weighted by molar-refractivity contribution is 1.05. The molecule has 0 atom stereocenters. The Morgan fingerprint density at radius 1 is 1.29 bits per heavy atom. The van der Waals surface area contributed by atoms with Crippen LogP contribution in [-0.2, 0) is 6.42 Å². The maximum absolute atomic E-state index is 8.32. The van der Waals surface area contributed by atoms with Crippen LogP contribution in [0.2, 0.25) is 5.02 Å². The van der Waals surface area contributed by atoms with Crippen molar-refractivity contribution in [2.75, 3.05) is 0 Å². The molecule has 14 heavy (non-hydrogen) atoms. The van der Waals surface area contributed by atoms with Crippen molar-refractivity contribution in [3.63, 3.8) is 0 Å². The van der Waals surface area contributed by atoms with Crippen molar-refractivity contribution >= 4 is 11.6 Å². The predicted molar refractivity (Wildman–Crippen MR) is 59.1 cm³/mol. The molecular formula is C12H12ClN. The zero-order chi connectivity index (χ0) is 10.2. The summed E-state index contributed by atoms with van der Waals surface area (Å²) in [6.07, 6.45) is 6.32. The number of nitrogens with zero attached hydrogens (tertiary/aromatic N) is 1. The van der Waals surface area contributed by atoms with Crippen molar-refractivity contribution in [3.05, 3.63) is 47.0 Å². The van der Waals surface area contributed by atoms with E-state index in [2.05, 4.69) is 12.1 Å². The standard InChI is InChI=1S/C12H12ClN/c13-12-9-5-4-8-11(12)7-3-1-2-6-10-14/h1,3-5,8-9H,2,6-7H2/b3-1+. The van der Waals surface area contributed by atoms with Crippen molar-refractivity contribution in [3.8, 4) is 6.07 Å². The second kappa shape index (κ2) is 6.23. The minimum Gasteiger partial charge on any atom is -0.198 e. The van der Waals surface area contributed by atoms with Gasteiger partial charge in [-0.1, -0.05) is 42.0 Å². The highest BCUT2D eigenvalue weighted by atomic mass is 35.5. The molecule has 0 amide bonds. The largest absolute Gasteiger partial charge is 0.198 e. The molecule has 72 valence electrons. The monoisotopic (exact) mass is 205 g/mol. The Morgan fingerprint density at radius 3 is 2.79 bits per heavy atom. The van der Waals surface area contributed by atoms with E-state index in [0.29, 0.717) is 6.42 Å². The zero-order valence-electron chi connectivity index (χ0n) is 7.91. The Balaban J connectivity index is 2.42. The van der Waals surface area contributed by atoms with E-state index in [4.69, 9.17) is 16.9 Å². The van der Waals surface area contributed by atoms with Crippen LogP contribution in [0.25, 0.3) is 0 Å². The second-order valence-electron chi connectivity index (χ2n) is 2.96. The number of allylic oxidation sites excluding steroid dienone is 2. The summed E-state index contributed by atoms with van der Waals surface area (Å²) >= 11 is 5.98. The van der Waals surface area contributed by atoms with Gasteiger partial charge in [-0.2, -0.15) is 5.26 Å². The van der Waals surface area contributed by atoms with Crippen LogP contribution in [-0.4, -0.2) is 0 Å². The van der Waals surface area contributed by atoms with Crippen molar-refractivity contribution < 1.29 is 0 Å². The molecule has 0 aromatic heterocycles. The molecule has 0 spiro atoms. The summed E-state index contributed by atoms with van der Waals surface area (Å²) in [5.74, 6) is 0. The van der Waals surface area contributed by atoms with E-state index in [1.165, 1.54) is 0 Å². The van der Waals surface area contributed by atoms with Gasteiger partial charge in [-0.15, -0.1) is 0 Å². The van der Waals surface area contributed by atoms with Crippen molar-refractivity contribution in [1.29, 1.82) is 5.26 Å². The number of nitriles is 1. The topological polar surface area (TPSA) is 23.8 Å². The predicted octanol–water partition coefficient (Wildman–Crippen LogP) is 3.74. The van der Waals surface area contributed by atoms with E-state index in [9.17, 15) is 0 Å². The van der Waals surface area contributed by atoms with Gasteiger partial charge in [0.25, 0.3) is 0 Å². The summed E-state index contributed by atoms with van der Waals surface area (Å²) in [5, 5.41) is 9.12. The maximum Gasteiger partial charge on any atom is 0.0624 e. The molecule has 1 aromatic carbocycles. The van der Waals surface area contributed by atoms with Crippen LogP contribution in [0.1, 0.15) is 18.4 Å². The summed E-state index contributed by atoms with van der Waals surface area (Å²) in [5.41, 5.74) is 1.13. The fourth-order valence-corrected chi connectivity index (χ4v) is 1.35. The van der Waals surface area contributed by atoms with E-state index in [0.717, 1.165) is 23.4 Å². The van der Waals surface area contributed by atoms with Crippen molar-refractivity contribution in [2.45, 2.75) is 19.3 Å². The molecule has 0 heterocycles. The summed E-state index contributed by atoms with van der Waals surface area (Å²) < 4.78 is 0. The average Bonchev–Trinajstić information content (AvgIpc) is 2.20. The van der Waals surface area contributed by atoms with Crippen LogP contribution < -0.4 is 0 Å². The van der Waals surface area contributed by atoms with Crippen molar-refractivity contribution in [2.24, 2.45) is 0 Å². The molecule has 1 rings (SSSR count). The Hall–Kier alpha value is -1.26. The van der Waals surface area contributed by atoms with Crippen LogP contribution in [0.4, 0.5) is 0 Å². The highest BCUT2D eigenvalue weighted by Crippen LogP contribution is 2.15. The molecule has 1 nitrogen and oxygen atoms in total. The first kappa shape index (κ1) is 10.8. The highest BCUT2D eigenvalue weighted by molar-refractivity contribution is 6.31. The molecule has 0 aliphatic heterocycles. The van der Waals surface area contributed by atoms with Crippen LogP contribution in [0.15, 0.2) is 36.4 Å². The Bertz CT molecular complexity index is 350. The van der Waals surface area contributed by atoms with E-state index in [-0.39, 0.29) is 0 Å². The average molecular weight is 206 g/mol. The van der Waals surface area contributed by atoms with E-state index >= 15 is 0 Å². The molecule has 1 aromatic rings. The smallest absolute Gasteiger partial charge is 0.0624 e. The maximum atomic E-state index is 8.32. The van der Waals surface area contributed by atoms with Gasteiger partial charge in [0.1, 0.15) is 0 Å². The molecule has 0 aliphatic rings. The van der Waals surface area contributed by atoms with Gasteiger partial charge in [0.15, 0.2) is 0 Å². The normalized spacial score (nSPS) is 10.3. The molecule has 0 N–H and O–H groups in total. The Labute approximate surface area is 89.6 Å².